The zero-order valence-corrected chi connectivity index (χ0v) is 18.2. The zero-order valence-electron chi connectivity index (χ0n) is 17.3. The lowest BCUT2D eigenvalue weighted by Gasteiger charge is -2.44. The molecule has 0 aromatic carbocycles. The average molecular weight is 445 g/mol. The molecule has 2 aromatic rings. The number of aryl methyl sites for hydroxylation is 1. The van der Waals surface area contributed by atoms with E-state index in [0.29, 0.717) is 18.9 Å². The minimum atomic E-state index is -2.70. The van der Waals surface area contributed by atoms with Crippen molar-refractivity contribution < 1.29 is 22.3 Å². The summed E-state index contributed by atoms with van der Waals surface area (Å²) in [6.07, 6.45) is 1.74. The molecule has 2 amide bonds. The summed E-state index contributed by atoms with van der Waals surface area (Å²) in [4.78, 5) is 14.1. The first-order chi connectivity index (χ1) is 14.2. The molecule has 1 aliphatic rings. The van der Waals surface area contributed by atoms with E-state index in [1.807, 2.05) is 11.4 Å². The summed E-state index contributed by atoms with van der Waals surface area (Å²) in [6, 6.07) is 1.38. The van der Waals surface area contributed by atoms with Crippen LogP contribution in [0.4, 0.5) is 19.4 Å². The number of aromatic nitrogens is 3. The van der Waals surface area contributed by atoms with Gasteiger partial charge in [-0.1, -0.05) is 5.16 Å². The Morgan fingerprint density at radius 1 is 1.43 bits per heavy atom. The van der Waals surface area contributed by atoms with Crippen LogP contribution < -0.4 is 9.50 Å². The van der Waals surface area contributed by atoms with Crippen LogP contribution in [0.5, 0.6) is 5.75 Å². The first-order valence-electron chi connectivity index (χ1n) is 9.55. The van der Waals surface area contributed by atoms with E-state index in [0.717, 1.165) is 25.1 Å². The number of carbonyl (C=O) groups excluding carboxylic acids is 1. The summed E-state index contributed by atoms with van der Waals surface area (Å²) in [6.45, 7) is 5.37. The van der Waals surface area contributed by atoms with Gasteiger partial charge in [0.25, 0.3) is 6.43 Å². The van der Waals surface area contributed by atoms with Gasteiger partial charge in [0.1, 0.15) is 18.5 Å². The van der Waals surface area contributed by atoms with Gasteiger partial charge < -0.3 is 13.6 Å². The molecule has 3 heterocycles. The van der Waals surface area contributed by atoms with Crippen LogP contribution in [-0.2, 0) is 7.05 Å². The van der Waals surface area contributed by atoms with Gasteiger partial charge in [-0.15, -0.1) is 0 Å². The van der Waals surface area contributed by atoms with Gasteiger partial charge in [0, 0.05) is 38.8 Å². The Balaban J connectivity index is 1.52. The maximum absolute atomic E-state index is 13.1. The number of piperidine rings is 1. The number of urea groups is 1. The van der Waals surface area contributed by atoms with E-state index in [1.54, 1.807) is 18.0 Å². The lowest BCUT2D eigenvalue weighted by Crippen LogP contribution is -2.50. The highest BCUT2D eigenvalue weighted by atomic mass is 32.2. The third-order valence-electron chi connectivity index (χ3n) is 5.53. The number of nitrogens with one attached hydrogen (secondary N) is 1. The molecule has 0 bridgehead atoms. The molecule has 1 N–H and O–H groups in total. The highest BCUT2D eigenvalue weighted by Crippen LogP contribution is 2.37. The Hall–Kier alpha value is -2.34. The normalized spacial score (nSPS) is 15.8. The second-order valence-corrected chi connectivity index (χ2v) is 8.60. The van der Waals surface area contributed by atoms with Crippen molar-refractivity contribution in [3.8, 4) is 5.75 Å². The average Bonchev–Trinajstić information content (AvgIpc) is 3.35. The van der Waals surface area contributed by atoms with E-state index in [4.69, 9.17) is 8.71 Å². The molecule has 30 heavy (non-hydrogen) atoms. The smallest absolute Gasteiger partial charge is 0.323 e. The summed E-state index contributed by atoms with van der Waals surface area (Å²) < 4.78 is 39.7. The maximum atomic E-state index is 13.1. The molecule has 0 atom stereocenters. The Morgan fingerprint density at radius 3 is 2.73 bits per heavy atom. The molecule has 1 fully saturated rings. The van der Waals surface area contributed by atoms with E-state index in [2.05, 4.69) is 29.4 Å². The lowest BCUT2D eigenvalue weighted by molar-refractivity contribution is 0.105. The number of likely N-dealkylation sites (tertiary alicyclic amines) is 1. The van der Waals surface area contributed by atoms with Crippen LogP contribution in [0.15, 0.2) is 23.0 Å². The van der Waals surface area contributed by atoms with Crippen molar-refractivity contribution in [2.24, 2.45) is 13.0 Å². The zero-order chi connectivity index (χ0) is 21.9. The fraction of sp³-hybridized carbons (Fsp3) is 0.611. The van der Waals surface area contributed by atoms with Crippen molar-refractivity contribution in [3.63, 3.8) is 0 Å². The lowest BCUT2D eigenvalue weighted by atomic mass is 9.80. The Kier molecular flexibility index (Phi) is 6.86. The molecule has 0 saturated carbocycles. The summed E-state index contributed by atoms with van der Waals surface area (Å²) in [5.74, 6) is 0.729. The number of nitrogens with zero attached hydrogens (tertiary/aromatic N) is 5. The minimum absolute atomic E-state index is 0.0551. The molecule has 166 valence electrons. The van der Waals surface area contributed by atoms with Crippen molar-refractivity contribution in [1.29, 1.82) is 0 Å². The molecule has 0 spiro atoms. The maximum Gasteiger partial charge on any atom is 0.323 e. The molecule has 0 radical (unpaired) electrons. The van der Waals surface area contributed by atoms with Gasteiger partial charge in [-0.05, 0) is 32.6 Å². The third kappa shape index (κ3) is 5.04. The van der Waals surface area contributed by atoms with Crippen LogP contribution in [0.3, 0.4) is 0 Å². The molecule has 3 rings (SSSR count). The van der Waals surface area contributed by atoms with Gasteiger partial charge in [-0.2, -0.15) is 5.10 Å². The molecule has 1 aliphatic heterocycles. The van der Waals surface area contributed by atoms with Crippen LogP contribution >= 0.6 is 12.2 Å². The molecule has 2 aromatic heterocycles. The molecule has 12 heteroatoms. The van der Waals surface area contributed by atoms with Gasteiger partial charge in [-0.25, -0.2) is 17.9 Å². The Labute approximate surface area is 178 Å². The molecule has 1 saturated heterocycles. The number of carbonyl (C=O) groups is 1. The molecular weight excluding hydrogens is 418 g/mol. The quantitative estimate of drug-likeness (QED) is 0.511. The third-order valence-corrected chi connectivity index (χ3v) is 6.48. The summed E-state index contributed by atoms with van der Waals surface area (Å²) in [7, 11) is 3.44. The van der Waals surface area contributed by atoms with Crippen molar-refractivity contribution in [2.75, 3.05) is 25.5 Å². The first-order valence-corrected chi connectivity index (χ1v) is 10.2. The number of alkyl halides is 2. The molecule has 0 unspecified atom stereocenters. The monoisotopic (exact) mass is 444 g/mol. The van der Waals surface area contributed by atoms with Crippen molar-refractivity contribution in [1.82, 2.24) is 24.1 Å². The van der Waals surface area contributed by atoms with E-state index in [9.17, 15) is 13.6 Å². The number of amides is 2. The van der Waals surface area contributed by atoms with Crippen LogP contribution in [0, 0.1) is 5.92 Å². The number of rotatable bonds is 7. The van der Waals surface area contributed by atoms with Crippen LogP contribution in [-0.4, -0.2) is 55.8 Å². The highest BCUT2D eigenvalue weighted by Gasteiger charge is 2.38. The fourth-order valence-corrected chi connectivity index (χ4v) is 4.06. The number of anilines is 1. The summed E-state index contributed by atoms with van der Waals surface area (Å²) in [5.41, 5.74) is -0.658. The second kappa shape index (κ2) is 9.21. The first kappa shape index (κ1) is 22.3. The number of hydrogen-bond donors (Lipinski definition) is 1. The topological polar surface area (TPSA) is 88.7 Å². The van der Waals surface area contributed by atoms with E-state index in [-0.39, 0.29) is 28.9 Å². The highest BCUT2D eigenvalue weighted by molar-refractivity contribution is 7.92. The Morgan fingerprint density at radius 2 is 2.13 bits per heavy atom. The second-order valence-electron chi connectivity index (χ2n) is 7.74. The molecular formula is C18H26F2N6O3S. The predicted molar refractivity (Wildman–Crippen MR) is 108 cm³/mol. The standard InChI is InChI=1S/C18H26F2N6O3S/c1-18(2,25(4)30-29-13-11-24(3)22-15(13)16(19)20)12-5-8-26(9-6-12)17(27)21-14-7-10-28-23-14/h7,10-12,16H,5-6,8-9H2,1-4H3,(H,21,23,27). The van der Waals surface area contributed by atoms with Gasteiger partial charge in [-0.3, -0.25) is 10.00 Å². The summed E-state index contributed by atoms with van der Waals surface area (Å²) >= 11 is 1.02. The largest absolute Gasteiger partial charge is 0.406 e. The van der Waals surface area contributed by atoms with Crippen molar-refractivity contribution in [2.45, 2.75) is 38.7 Å². The van der Waals surface area contributed by atoms with Crippen LogP contribution in [0.2, 0.25) is 0 Å². The van der Waals surface area contributed by atoms with Crippen molar-refractivity contribution >= 4 is 24.1 Å². The van der Waals surface area contributed by atoms with Crippen LogP contribution in [0.25, 0.3) is 0 Å². The Bertz CT molecular complexity index is 837. The van der Waals surface area contributed by atoms with E-state index in [1.165, 1.54) is 17.1 Å². The molecule has 0 aliphatic carbocycles. The van der Waals surface area contributed by atoms with E-state index >= 15 is 0 Å². The van der Waals surface area contributed by atoms with E-state index < -0.39 is 6.43 Å². The van der Waals surface area contributed by atoms with Gasteiger partial charge in [0.15, 0.2) is 17.3 Å². The van der Waals surface area contributed by atoms with Gasteiger partial charge >= 0.3 is 6.03 Å². The van der Waals surface area contributed by atoms with Crippen molar-refractivity contribution in [3.05, 3.63) is 24.2 Å². The fourth-order valence-electron chi connectivity index (χ4n) is 3.40. The number of hydrogen-bond acceptors (Lipinski definition) is 7. The van der Waals surface area contributed by atoms with Gasteiger partial charge in [0.2, 0.25) is 0 Å². The predicted octanol–water partition coefficient (Wildman–Crippen LogP) is 3.94. The minimum Gasteiger partial charge on any atom is -0.406 e. The van der Waals surface area contributed by atoms with Gasteiger partial charge in [0.05, 0.1) is 6.20 Å². The number of halogens is 2. The molecule has 9 nitrogen and oxygen atoms in total. The van der Waals surface area contributed by atoms with Crippen LogP contribution in [0.1, 0.15) is 38.8 Å². The SMILES string of the molecule is CN(SOc1cn(C)nc1C(F)F)C(C)(C)C1CCN(C(=O)Nc2ccon2)CC1. The summed E-state index contributed by atoms with van der Waals surface area (Å²) in [5, 5.41) is 10.1.